The molecule has 0 aromatic carbocycles. The van der Waals surface area contributed by atoms with Gasteiger partial charge < -0.3 is 20.1 Å². The molecule has 0 aliphatic rings. The van der Waals surface area contributed by atoms with Gasteiger partial charge in [-0.15, -0.1) is 0 Å². The summed E-state index contributed by atoms with van der Waals surface area (Å²) in [7, 11) is 1.00. The fourth-order valence-corrected chi connectivity index (χ4v) is 0.865. The molecule has 0 aromatic heterocycles. The van der Waals surface area contributed by atoms with Gasteiger partial charge in [-0.2, -0.15) is 13.2 Å². The lowest BCUT2D eigenvalue weighted by Crippen LogP contribution is -2.43. The number of hydrogen-bond donors (Lipinski definition) is 2. The van der Waals surface area contributed by atoms with Gasteiger partial charge in [0.1, 0.15) is 13.2 Å². The number of alkyl halides is 3. The first-order chi connectivity index (χ1) is 7.72. The molecule has 6 nitrogen and oxygen atoms in total. The molecule has 0 heterocycles. The molecule has 0 atom stereocenters. The van der Waals surface area contributed by atoms with Crippen LogP contribution in [0, 0.1) is 0 Å². The van der Waals surface area contributed by atoms with E-state index < -0.39 is 31.3 Å². The van der Waals surface area contributed by atoms with E-state index in [4.69, 9.17) is 5.11 Å². The smallest absolute Gasteiger partial charge is 0.406 e. The van der Waals surface area contributed by atoms with Gasteiger partial charge in [-0.05, 0) is 0 Å². The van der Waals surface area contributed by atoms with Gasteiger partial charge in [0.15, 0.2) is 0 Å². The maximum atomic E-state index is 11.9. The first-order valence-corrected chi connectivity index (χ1v) is 4.57. The van der Waals surface area contributed by atoms with E-state index in [1.54, 1.807) is 0 Å². The lowest BCUT2D eigenvalue weighted by Gasteiger charge is -2.19. The molecule has 0 radical (unpaired) electrons. The number of carboxylic acid groups (broad SMARTS) is 1. The number of carbonyl (C=O) groups excluding carboxylic acids is 1. The number of nitrogens with zero attached hydrogens (tertiary/aromatic N) is 1. The van der Waals surface area contributed by atoms with E-state index in [-0.39, 0.29) is 13.2 Å². The van der Waals surface area contributed by atoms with Crippen LogP contribution in [-0.4, -0.2) is 61.5 Å². The van der Waals surface area contributed by atoms with E-state index in [2.05, 4.69) is 10.1 Å². The number of aliphatic carboxylic acids is 1. The Labute approximate surface area is 95.3 Å². The van der Waals surface area contributed by atoms with Crippen LogP contribution in [0.4, 0.5) is 18.0 Å². The highest BCUT2D eigenvalue weighted by molar-refractivity contribution is 5.73. The number of nitrogens with one attached hydrogen (secondary N) is 1. The molecule has 0 unspecified atom stereocenters. The van der Waals surface area contributed by atoms with E-state index in [0.29, 0.717) is 4.90 Å². The van der Waals surface area contributed by atoms with Crippen molar-refractivity contribution in [1.82, 2.24) is 10.2 Å². The molecule has 0 fully saturated rings. The van der Waals surface area contributed by atoms with Crippen LogP contribution in [0.5, 0.6) is 0 Å². The van der Waals surface area contributed by atoms with Crippen molar-refractivity contribution in [2.24, 2.45) is 0 Å². The molecule has 0 rings (SSSR count). The molecule has 2 amide bonds. The van der Waals surface area contributed by atoms with Crippen LogP contribution in [0.25, 0.3) is 0 Å². The van der Waals surface area contributed by atoms with Gasteiger partial charge in [0.2, 0.25) is 0 Å². The molecular weight excluding hydrogens is 245 g/mol. The Morgan fingerprint density at radius 1 is 1.41 bits per heavy atom. The monoisotopic (exact) mass is 258 g/mol. The Kier molecular flexibility index (Phi) is 6.33. The van der Waals surface area contributed by atoms with Crippen LogP contribution >= 0.6 is 0 Å². The quantitative estimate of drug-likeness (QED) is 0.671. The standard InChI is InChI=1S/C8H13F3N2O4/c1-13(5-8(9,10)11)7(16)12-2-3-17-4-6(14)15/h2-5H2,1H3,(H,12,16)(H,14,15). The Morgan fingerprint density at radius 3 is 2.47 bits per heavy atom. The third-order valence-corrected chi connectivity index (χ3v) is 1.51. The molecule has 0 saturated carbocycles. The third-order valence-electron chi connectivity index (χ3n) is 1.51. The van der Waals surface area contributed by atoms with Gasteiger partial charge >= 0.3 is 18.2 Å². The second-order valence-corrected chi connectivity index (χ2v) is 3.15. The summed E-state index contributed by atoms with van der Waals surface area (Å²) in [5.74, 6) is -1.16. The minimum atomic E-state index is -4.45. The van der Waals surface area contributed by atoms with Crippen molar-refractivity contribution in [2.75, 3.05) is 33.4 Å². The zero-order valence-corrected chi connectivity index (χ0v) is 9.08. The van der Waals surface area contributed by atoms with E-state index in [0.717, 1.165) is 7.05 Å². The van der Waals surface area contributed by atoms with E-state index >= 15 is 0 Å². The van der Waals surface area contributed by atoms with E-state index in [1.807, 2.05) is 0 Å². The number of hydrogen-bond acceptors (Lipinski definition) is 3. The normalized spacial score (nSPS) is 11.1. The Bertz CT molecular complexity index is 270. The van der Waals surface area contributed by atoms with Crippen molar-refractivity contribution in [2.45, 2.75) is 6.18 Å². The van der Waals surface area contributed by atoms with Gasteiger partial charge in [0.05, 0.1) is 6.61 Å². The lowest BCUT2D eigenvalue weighted by atomic mass is 10.5. The number of ether oxygens (including phenoxy) is 1. The molecule has 0 bridgehead atoms. The Morgan fingerprint density at radius 2 is 2.00 bits per heavy atom. The van der Waals surface area contributed by atoms with Crippen molar-refractivity contribution in [1.29, 1.82) is 0 Å². The Balaban J connectivity index is 3.68. The number of urea groups is 1. The summed E-state index contributed by atoms with van der Waals surface area (Å²) >= 11 is 0. The maximum Gasteiger partial charge on any atom is 0.406 e. The number of amides is 2. The van der Waals surface area contributed by atoms with Gasteiger partial charge in [0.25, 0.3) is 0 Å². The zero-order valence-electron chi connectivity index (χ0n) is 9.08. The highest BCUT2D eigenvalue weighted by Crippen LogP contribution is 2.15. The number of rotatable bonds is 6. The average molecular weight is 258 g/mol. The third kappa shape index (κ3) is 9.42. The predicted molar refractivity (Wildman–Crippen MR) is 50.5 cm³/mol. The molecular formula is C8H13F3N2O4. The summed E-state index contributed by atoms with van der Waals surface area (Å²) in [5.41, 5.74) is 0. The summed E-state index contributed by atoms with van der Waals surface area (Å²) in [6.07, 6.45) is -4.45. The fraction of sp³-hybridized carbons (Fsp3) is 0.750. The molecule has 0 aliphatic carbocycles. The van der Waals surface area contributed by atoms with Crippen LogP contribution in [0.2, 0.25) is 0 Å². The van der Waals surface area contributed by atoms with Crippen LogP contribution in [0.3, 0.4) is 0 Å². The second-order valence-electron chi connectivity index (χ2n) is 3.15. The van der Waals surface area contributed by atoms with E-state index in [9.17, 15) is 22.8 Å². The number of carbonyl (C=O) groups is 2. The first-order valence-electron chi connectivity index (χ1n) is 4.57. The molecule has 9 heteroatoms. The molecule has 17 heavy (non-hydrogen) atoms. The average Bonchev–Trinajstić information content (AvgIpc) is 2.13. The summed E-state index contributed by atoms with van der Waals surface area (Å²) in [6, 6.07) is -0.902. The predicted octanol–water partition coefficient (Wildman–Crippen LogP) is 0.291. The highest BCUT2D eigenvalue weighted by Gasteiger charge is 2.31. The van der Waals surface area contributed by atoms with Crippen molar-refractivity contribution < 1.29 is 32.6 Å². The van der Waals surface area contributed by atoms with Crippen molar-refractivity contribution >= 4 is 12.0 Å². The molecule has 100 valence electrons. The SMILES string of the molecule is CN(CC(F)(F)F)C(=O)NCCOCC(=O)O. The van der Waals surface area contributed by atoms with Crippen LogP contribution < -0.4 is 5.32 Å². The van der Waals surface area contributed by atoms with Crippen molar-refractivity contribution in [3.8, 4) is 0 Å². The van der Waals surface area contributed by atoms with Gasteiger partial charge in [0, 0.05) is 13.6 Å². The minimum Gasteiger partial charge on any atom is -0.480 e. The number of halogens is 3. The molecule has 0 spiro atoms. The largest absolute Gasteiger partial charge is 0.480 e. The summed E-state index contributed by atoms with van der Waals surface area (Å²) in [6.45, 7) is -2.02. The maximum absolute atomic E-state index is 11.9. The summed E-state index contributed by atoms with van der Waals surface area (Å²) in [5, 5.41) is 10.3. The van der Waals surface area contributed by atoms with Gasteiger partial charge in [-0.25, -0.2) is 9.59 Å². The Hall–Kier alpha value is -1.51. The van der Waals surface area contributed by atoms with E-state index in [1.165, 1.54) is 0 Å². The summed E-state index contributed by atoms with van der Waals surface area (Å²) in [4.78, 5) is 21.5. The lowest BCUT2D eigenvalue weighted by molar-refractivity contribution is -0.142. The topological polar surface area (TPSA) is 78.9 Å². The molecule has 2 N–H and O–H groups in total. The second kappa shape index (κ2) is 6.94. The van der Waals surface area contributed by atoms with Crippen molar-refractivity contribution in [3.63, 3.8) is 0 Å². The molecule has 0 aliphatic heterocycles. The number of carboxylic acids is 1. The zero-order chi connectivity index (χ0) is 13.5. The van der Waals surface area contributed by atoms with Crippen molar-refractivity contribution in [3.05, 3.63) is 0 Å². The highest BCUT2D eigenvalue weighted by atomic mass is 19.4. The van der Waals surface area contributed by atoms with Crippen LogP contribution in [-0.2, 0) is 9.53 Å². The first kappa shape index (κ1) is 15.5. The van der Waals surface area contributed by atoms with Crippen LogP contribution in [0.1, 0.15) is 0 Å². The van der Waals surface area contributed by atoms with Crippen LogP contribution in [0.15, 0.2) is 0 Å². The summed E-state index contributed by atoms with van der Waals surface area (Å²) < 4.78 is 40.2. The molecule has 0 aromatic rings. The molecule has 0 saturated heterocycles. The minimum absolute atomic E-state index is 0.0612. The van der Waals surface area contributed by atoms with Gasteiger partial charge in [-0.3, -0.25) is 0 Å². The van der Waals surface area contributed by atoms with Gasteiger partial charge in [-0.1, -0.05) is 0 Å². The fourth-order valence-electron chi connectivity index (χ4n) is 0.865.